The number of amides is 1. The number of ether oxygens (including phenoxy) is 1. The van der Waals surface area contributed by atoms with Crippen molar-refractivity contribution in [2.24, 2.45) is 7.05 Å². The fourth-order valence-corrected chi connectivity index (χ4v) is 3.27. The molecule has 0 unspecified atom stereocenters. The first-order valence-corrected chi connectivity index (χ1v) is 7.68. The van der Waals surface area contributed by atoms with Crippen LogP contribution in [0.1, 0.15) is 28.9 Å². The number of hydrogen-bond acceptors (Lipinski definition) is 2. The monoisotopic (exact) mass is 298 g/mol. The van der Waals surface area contributed by atoms with Gasteiger partial charge in [-0.2, -0.15) is 0 Å². The Bertz CT molecular complexity index is 709. The third kappa shape index (κ3) is 2.44. The third-order valence-electron chi connectivity index (χ3n) is 4.59. The lowest BCUT2D eigenvalue weighted by molar-refractivity contribution is 0.0346. The maximum atomic E-state index is 12.8. The second-order valence-corrected chi connectivity index (χ2v) is 5.81. The molecule has 4 heteroatoms. The molecule has 0 radical (unpaired) electrons. The van der Waals surface area contributed by atoms with Gasteiger partial charge in [0.15, 0.2) is 0 Å². The summed E-state index contributed by atoms with van der Waals surface area (Å²) < 4.78 is 7.36. The first-order chi connectivity index (χ1) is 10.7. The Balaban J connectivity index is 1.92. The number of carbonyl (C=O) groups excluding carboxylic acids is 1. The Morgan fingerprint density at radius 1 is 1.36 bits per heavy atom. The van der Waals surface area contributed by atoms with Crippen molar-refractivity contribution in [3.05, 3.63) is 42.1 Å². The molecule has 0 saturated carbocycles. The summed E-state index contributed by atoms with van der Waals surface area (Å²) in [5.74, 6) is 0.100. The van der Waals surface area contributed by atoms with E-state index in [1.54, 1.807) is 7.11 Å². The number of para-hydroxylation sites is 1. The predicted octanol–water partition coefficient (Wildman–Crippen LogP) is 3.07. The van der Waals surface area contributed by atoms with Crippen molar-refractivity contribution >= 4 is 22.9 Å². The number of benzene rings is 1. The molecular weight excluding hydrogens is 276 g/mol. The molecule has 0 atom stereocenters. The second-order valence-electron chi connectivity index (χ2n) is 5.81. The predicted molar refractivity (Wildman–Crippen MR) is 88.9 cm³/mol. The number of aryl methyl sites for hydroxylation is 1. The van der Waals surface area contributed by atoms with Crippen LogP contribution in [0.2, 0.25) is 0 Å². The average Bonchev–Trinajstić information content (AvgIpc) is 2.91. The molecule has 1 amide bonds. The smallest absolute Gasteiger partial charge is 0.270 e. The molecule has 22 heavy (non-hydrogen) atoms. The van der Waals surface area contributed by atoms with Gasteiger partial charge in [0, 0.05) is 32.6 Å². The van der Waals surface area contributed by atoms with E-state index in [-0.39, 0.29) is 12.0 Å². The number of methoxy groups -OCH3 is 1. The maximum Gasteiger partial charge on any atom is 0.270 e. The van der Waals surface area contributed by atoms with Gasteiger partial charge in [-0.1, -0.05) is 30.9 Å². The van der Waals surface area contributed by atoms with Gasteiger partial charge in [0.2, 0.25) is 0 Å². The molecule has 0 N–H and O–H groups in total. The lowest BCUT2D eigenvalue weighted by atomic mass is 10.1. The molecule has 0 spiro atoms. The summed E-state index contributed by atoms with van der Waals surface area (Å²) in [5.41, 5.74) is 2.85. The van der Waals surface area contributed by atoms with Crippen LogP contribution in [-0.4, -0.2) is 41.7 Å². The van der Waals surface area contributed by atoms with Crippen LogP contribution < -0.4 is 0 Å². The second kappa shape index (κ2) is 5.97. The van der Waals surface area contributed by atoms with Crippen molar-refractivity contribution in [2.75, 3.05) is 20.2 Å². The fourth-order valence-electron chi connectivity index (χ4n) is 3.27. The van der Waals surface area contributed by atoms with Crippen molar-refractivity contribution in [1.29, 1.82) is 0 Å². The highest BCUT2D eigenvalue weighted by Crippen LogP contribution is 2.25. The Kier molecular flexibility index (Phi) is 4.03. The summed E-state index contributed by atoms with van der Waals surface area (Å²) >= 11 is 0. The molecule has 116 valence electrons. The van der Waals surface area contributed by atoms with E-state index < -0.39 is 0 Å². The van der Waals surface area contributed by atoms with Crippen molar-refractivity contribution in [3.63, 3.8) is 0 Å². The quantitative estimate of drug-likeness (QED) is 0.873. The Morgan fingerprint density at radius 2 is 2.09 bits per heavy atom. The van der Waals surface area contributed by atoms with Gasteiger partial charge in [-0.25, -0.2) is 0 Å². The van der Waals surface area contributed by atoms with E-state index in [1.807, 2.05) is 46.9 Å². The topological polar surface area (TPSA) is 34.5 Å². The van der Waals surface area contributed by atoms with Crippen LogP contribution >= 0.6 is 0 Å². The Labute approximate surface area is 131 Å². The Morgan fingerprint density at radius 3 is 2.73 bits per heavy atom. The molecule has 4 nitrogen and oxygen atoms in total. The minimum absolute atomic E-state index is 0.100. The van der Waals surface area contributed by atoms with Crippen molar-refractivity contribution < 1.29 is 9.53 Å². The number of likely N-dealkylation sites (tertiary alicyclic amines) is 1. The fraction of sp³-hybridized carbons (Fsp3) is 0.389. The Hall–Kier alpha value is -2.07. The maximum absolute atomic E-state index is 12.8. The summed E-state index contributed by atoms with van der Waals surface area (Å²) in [4.78, 5) is 14.8. The summed E-state index contributed by atoms with van der Waals surface area (Å²) in [6.45, 7) is 5.38. The molecular formula is C18H22N2O2. The molecule has 1 fully saturated rings. The number of nitrogens with zero attached hydrogens (tertiary/aromatic N) is 2. The number of fused-ring (bicyclic) bond motifs is 1. The molecule has 1 aliphatic heterocycles. The lowest BCUT2D eigenvalue weighted by Crippen LogP contribution is -2.41. The first-order valence-electron chi connectivity index (χ1n) is 7.68. The number of piperidine rings is 1. The standard InChI is InChI=1S/C18H22N2O2/c1-4-13-6-5-7-14-12-16(19(2)17(13)14)18(21)20-10-8-15(22-3)9-11-20/h4-7,12,15H,1,8-11H2,2-3H3. The van der Waals surface area contributed by atoms with Gasteiger partial charge in [0.05, 0.1) is 11.6 Å². The van der Waals surface area contributed by atoms with Crippen LogP contribution in [-0.2, 0) is 11.8 Å². The average molecular weight is 298 g/mol. The minimum atomic E-state index is 0.100. The van der Waals surface area contributed by atoms with Crippen molar-refractivity contribution in [2.45, 2.75) is 18.9 Å². The van der Waals surface area contributed by atoms with E-state index >= 15 is 0 Å². The van der Waals surface area contributed by atoms with Gasteiger partial charge in [-0.3, -0.25) is 4.79 Å². The first kappa shape index (κ1) is 14.9. The van der Waals surface area contributed by atoms with Crippen LogP contribution in [0.3, 0.4) is 0 Å². The number of carbonyl (C=O) groups is 1. The van der Waals surface area contributed by atoms with Gasteiger partial charge in [0.25, 0.3) is 5.91 Å². The summed E-state index contributed by atoms with van der Waals surface area (Å²) in [6, 6.07) is 8.04. The van der Waals surface area contributed by atoms with Crippen LogP contribution in [0, 0.1) is 0 Å². The van der Waals surface area contributed by atoms with Gasteiger partial charge >= 0.3 is 0 Å². The van der Waals surface area contributed by atoms with E-state index in [9.17, 15) is 4.79 Å². The van der Waals surface area contributed by atoms with Gasteiger partial charge in [-0.05, 0) is 24.5 Å². The van der Waals surface area contributed by atoms with Gasteiger partial charge < -0.3 is 14.2 Å². The molecule has 2 heterocycles. The third-order valence-corrected chi connectivity index (χ3v) is 4.59. The van der Waals surface area contributed by atoms with E-state index in [0.717, 1.165) is 48.1 Å². The summed E-state index contributed by atoms with van der Waals surface area (Å²) in [5, 5.41) is 1.08. The molecule has 3 rings (SSSR count). The van der Waals surface area contributed by atoms with E-state index in [4.69, 9.17) is 4.74 Å². The zero-order valence-corrected chi connectivity index (χ0v) is 13.2. The highest BCUT2D eigenvalue weighted by Gasteiger charge is 2.25. The van der Waals surface area contributed by atoms with Crippen molar-refractivity contribution in [3.8, 4) is 0 Å². The largest absolute Gasteiger partial charge is 0.381 e. The van der Waals surface area contributed by atoms with Gasteiger partial charge in [0.1, 0.15) is 5.69 Å². The highest BCUT2D eigenvalue weighted by molar-refractivity contribution is 6.00. The van der Waals surface area contributed by atoms with Crippen LogP contribution in [0.5, 0.6) is 0 Å². The number of hydrogen-bond donors (Lipinski definition) is 0. The molecule has 1 aliphatic rings. The van der Waals surface area contributed by atoms with Crippen LogP contribution in [0.15, 0.2) is 30.8 Å². The van der Waals surface area contributed by atoms with Gasteiger partial charge in [-0.15, -0.1) is 0 Å². The minimum Gasteiger partial charge on any atom is -0.381 e. The highest BCUT2D eigenvalue weighted by atomic mass is 16.5. The summed E-state index contributed by atoms with van der Waals surface area (Å²) in [7, 11) is 3.69. The molecule has 1 aromatic carbocycles. The van der Waals surface area contributed by atoms with Crippen LogP contribution in [0.25, 0.3) is 17.0 Å². The number of rotatable bonds is 3. The van der Waals surface area contributed by atoms with Crippen LogP contribution in [0.4, 0.5) is 0 Å². The molecule has 1 saturated heterocycles. The van der Waals surface area contributed by atoms with Crippen molar-refractivity contribution in [1.82, 2.24) is 9.47 Å². The van der Waals surface area contributed by atoms with E-state index in [2.05, 4.69) is 6.58 Å². The number of aromatic nitrogens is 1. The summed E-state index contributed by atoms with van der Waals surface area (Å²) in [6.07, 6.45) is 3.93. The zero-order chi connectivity index (χ0) is 15.7. The van der Waals surface area contributed by atoms with E-state index in [1.165, 1.54) is 0 Å². The molecule has 2 aromatic rings. The van der Waals surface area contributed by atoms with E-state index in [0.29, 0.717) is 0 Å². The SMILES string of the molecule is C=Cc1cccc2cc(C(=O)N3CCC(OC)CC3)n(C)c12. The lowest BCUT2D eigenvalue weighted by Gasteiger charge is -2.31. The molecule has 1 aromatic heterocycles. The normalized spacial score (nSPS) is 16.2. The zero-order valence-electron chi connectivity index (χ0n) is 13.2. The molecule has 0 bridgehead atoms. The molecule has 0 aliphatic carbocycles.